The summed E-state index contributed by atoms with van der Waals surface area (Å²) in [7, 11) is -4.63. The first-order valence-electron chi connectivity index (χ1n) is 8.64. The molecule has 5 nitrogen and oxygen atoms in total. The van der Waals surface area contributed by atoms with Gasteiger partial charge in [-0.2, -0.15) is 8.78 Å². The van der Waals surface area contributed by atoms with Crippen molar-refractivity contribution in [3.63, 3.8) is 0 Å². The molecule has 1 saturated heterocycles. The Morgan fingerprint density at radius 2 is 1.62 bits per heavy atom. The van der Waals surface area contributed by atoms with Crippen LogP contribution in [0.5, 0.6) is 0 Å². The fourth-order valence-electron chi connectivity index (χ4n) is 2.74. The van der Waals surface area contributed by atoms with E-state index in [4.69, 9.17) is 0 Å². The molecule has 0 spiro atoms. The van der Waals surface area contributed by atoms with Gasteiger partial charge in [-0.25, -0.2) is 8.42 Å². The molecule has 1 heterocycles. The van der Waals surface area contributed by atoms with Gasteiger partial charge in [0.15, 0.2) is 0 Å². The second-order valence-electron chi connectivity index (χ2n) is 7.77. The Bertz CT molecular complexity index is 720. The average Bonchev–Trinajstić information content (AvgIpc) is 2.59. The number of hydrogen-bond acceptors (Lipinski definition) is 4. The summed E-state index contributed by atoms with van der Waals surface area (Å²) in [4.78, 5) is 16.1. The van der Waals surface area contributed by atoms with E-state index in [2.05, 4.69) is 25.7 Å². The van der Waals surface area contributed by atoms with Gasteiger partial charge in [0.25, 0.3) is 5.91 Å². The number of carbonyl (C=O) groups is 1. The molecule has 0 aromatic heterocycles. The van der Waals surface area contributed by atoms with E-state index < -0.39 is 20.5 Å². The van der Waals surface area contributed by atoms with Crippen LogP contribution >= 0.6 is 0 Å². The molecule has 2 rings (SSSR count). The van der Waals surface area contributed by atoms with Crippen LogP contribution in [0.2, 0.25) is 0 Å². The summed E-state index contributed by atoms with van der Waals surface area (Å²) in [5.74, 6) is -3.67. The van der Waals surface area contributed by atoms with Crippen LogP contribution in [0.4, 0.5) is 8.78 Å². The minimum absolute atomic E-state index is 0.207. The Morgan fingerprint density at radius 1 is 1.08 bits per heavy atom. The zero-order valence-corrected chi connectivity index (χ0v) is 16.2. The number of benzene rings is 1. The molecule has 1 aromatic carbocycles. The van der Waals surface area contributed by atoms with E-state index in [0.717, 1.165) is 38.2 Å². The number of halogens is 2. The summed E-state index contributed by atoms with van der Waals surface area (Å²) in [6, 6.07) is 4.72. The zero-order valence-electron chi connectivity index (χ0n) is 15.4. The van der Waals surface area contributed by atoms with Crippen molar-refractivity contribution in [2.24, 2.45) is 5.41 Å². The quantitative estimate of drug-likeness (QED) is 0.778. The lowest BCUT2D eigenvalue weighted by molar-refractivity contribution is 0.0623. The lowest BCUT2D eigenvalue weighted by atomic mass is 9.92. The van der Waals surface area contributed by atoms with Crippen molar-refractivity contribution in [2.45, 2.75) is 37.8 Å². The predicted molar refractivity (Wildman–Crippen MR) is 96.0 cm³/mol. The lowest BCUT2D eigenvalue weighted by Gasteiger charge is -2.36. The third kappa shape index (κ3) is 5.23. The summed E-state index contributed by atoms with van der Waals surface area (Å²) < 4.78 is 48.0. The molecule has 1 amide bonds. The van der Waals surface area contributed by atoms with E-state index >= 15 is 0 Å². The van der Waals surface area contributed by atoms with Crippen LogP contribution < -0.4 is 0 Å². The zero-order chi connectivity index (χ0) is 19.5. The third-order valence-corrected chi connectivity index (χ3v) is 5.90. The molecule has 0 atom stereocenters. The summed E-state index contributed by atoms with van der Waals surface area (Å²) >= 11 is 0. The van der Waals surface area contributed by atoms with Gasteiger partial charge in [-0.05, 0) is 42.6 Å². The summed E-state index contributed by atoms with van der Waals surface area (Å²) in [6.07, 6.45) is 1.08. The minimum Gasteiger partial charge on any atom is -0.336 e. The number of sulfone groups is 1. The molecule has 1 aliphatic heterocycles. The Labute approximate surface area is 153 Å². The Morgan fingerprint density at radius 3 is 2.08 bits per heavy atom. The van der Waals surface area contributed by atoms with Crippen LogP contribution in [-0.4, -0.2) is 62.6 Å². The van der Waals surface area contributed by atoms with Crippen molar-refractivity contribution < 1.29 is 22.0 Å². The topological polar surface area (TPSA) is 57.7 Å². The van der Waals surface area contributed by atoms with E-state index in [-0.39, 0.29) is 11.3 Å². The number of carbonyl (C=O) groups excluding carboxylic acids is 1. The molecule has 1 fully saturated rings. The number of nitrogens with zero attached hydrogens (tertiary/aromatic N) is 2. The Kier molecular flexibility index (Phi) is 6.39. The van der Waals surface area contributed by atoms with Gasteiger partial charge in [0, 0.05) is 31.7 Å². The third-order valence-electron chi connectivity index (χ3n) is 4.50. The fraction of sp³-hybridized carbons (Fsp3) is 0.611. The largest absolute Gasteiger partial charge is 0.341 e. The highest BCUT2D eigenvalue weighted by atomic mass is 32.2. The van der Waals surface area contributed by atoms with E-state index in [9.17, 15) is 22.0 Å². The van der Waals surface area contributed by atoms with Crippen LogP contribution in [0.25, 0.3) is 0 Å². The molecular weight excluding hydrogens is 362 g/mol. The molecule has 146 valence electrons. The highest BCUT2D eigenvalue weighted by Gasteiger charge is 2.27. The highest BCUT2D eigenvalue weighted by Crippen LogP contribution is 2.21. The number of amides is 1. The van der Waals surface area contributed by atoms with Crippen molar-refractivity contribution in [1.29, 1.82) is 0 Å². The Balaban J connectivity index is 1.94. The molecule has 8 heteroatoms. The normalized spacial score (nSPS) is 16.9. The van der Waals surface area contributed by atoms with Crippen molar-refractivity contribution in [3.8, 4) is 0 Å². The second-order valence-corrected chi connectivity index (χ2v) is 9.69. The standard InChI is InChI=1S/C18H26F2N2O3S/c1-18(2,3)8-9-21-10-12-22(13-11-21)16(23)14-4-6-15(7-5-14)26(24,25)17(19)20/h4-7,17H,8-13H2,1-3H3. The molecule has 1 aliphatic rings. The van der Waals surface area contributed by atoms with Crippen molar-refractivity contribution in [1.82, 2.24) is 9.80 Å². The predicted octanol–water partition coefficient (Wildman–Crippen LogP) is 2.88. The maximum absolute atomic E-state index is 12.6. The fourth-order valence-corrected chi connectivity index (χ4v) is 3.46. The summed E-state index contributed by atoms with van der Waals surface area (Å²) in [5.41, 5.74) is 0.578. The van der Waals surface area contributed by atoms with Crippen LogP contribution in [0.15, 0.2) is 29.2 Å². The minimum atomic E-state index is -4.63. The van der Waals surface area contributed by atoms with E-state index in [1.54, 1.807) is 4.90 Å². The van der Waals surface area contributed by atoms with Gasteiger partial charge in [-0.15, -0.1) is 0 Å². The van der Waals surface area contributed by atoms with Crippen molar-refractivity contribution >= 4 is 15.7 Å². The molecule has 0 unspecified atom stereocenters. The van der Waals surface area contributed by atoms with Gasteiger partial charge >= 0.3 is 5.76 Å². The van der Waals surface area contributed by atoms with E-state index in [1.807, 2.05) is 0 Å². The van der Waals surface area contributed by atoms with E-state index in [0.29, 0.717) is 18.7 Å². The lowest BCUT2D eigenvalue weighted by Crippen LogP contribution is -2.49. The Hall–Kier alpha value is -1.54. The second kappa shape index (κ2) is 8.00. The van der Waals surface area contributed by atoms with Gasteiger partial charge < -0.3 is 4.90 Å². The molecular formula is C18H26F2N2O3S. The van der Waals surface area contributed by atoms with Crippen LogP contribution in [0.1, 0.15) is 37.6 Å². The molecule has 0 aliphatic carbocycles. The van der Waals surface area contributed by atoms with Crippen LogP contribution in [-0.2, 0) is 9.84 Å². The molecule has 0 N–H and O–H groups in total. The van der Waals surface area contributed by atoms with Gasteiger partial charge in [-0.1, -0.05) is 20.8 Å². The van der Waals surface area contributed by atoms with E-state index in [1.165, 1.54) is 12.1 Å². The number of rotatable bonds is 5. The monoisotopic (exact) mass is 388 g/mol. The van der Waals surface area contributed by atoms with Gasteiger partial charge in [0.1, 0.15) is 0 Å². The van der Waals surface area contributed by atoms with Crippen molar-refractivity contribution in [2.75, 3.05) is 32.7 Å². The molecule has 1 aromatic rings. The van der Waals surface area contributed by atoms with Crippen molar-refractivity contribution in [3.05, 3.63) is 29.8 Å². The molecule has 26 heavy (non-hydrogen) atoms. The summed E-state index contributed by atoms with van der Waals surface area (Å²) in [6.45, 7) is 10.4. The molecule has 0 bridgehead atoms. The number of alkyl halides is 2. The first-order chi connectivity index (χ1) is 12.0. The first kappa shape index (κ1) is 20.8. The summed E-state index contributed by atoms with van der Waals surface area (Å²) in [5, 5.41) is 0. The number of hydrogen-bond donors (Lipinski definition) is 0. The maximum Gasteiger partial charge on any atom is 0.341 e. The number of piperazine rings is 1. The maximum atomic E-state index is 12.6. The van der Waals surface area contributed by atoms with Gasteiger partial charge in [0.05, 0.1) is 4.90 Å². The van der Waals surface area contributed by atoms with Gasteiger partial charge in [0.2, 0.25) is 9.84 Å². The molecule has 0 radical (unpaired) electrons. The van der Waals surface area contributed by atoms with Crippen LogP contribution in [0.3, 0.4) is 0 Å². The smallest absolute Gasteiger partial charge is 0.336 e. The SMILES string of the molecule is CC(C)(C)CCN1CCN(C(=O)c2ccc(S(=O)(=O)C(F)F)cc2)CC1. The first-order valence-corrected chi connectivity index (χ1v) is 10.2. The molecule has 0 saturated carbocycles. The average molecular weight is 388 g/mol. The van der Waals surface area contributed by atoms with Gasteiger partial charge in [-0.3, -0.25) is 9.69 Å². The van der Waals surface area contributed by atoms with Crippen LogP contribution in [0, 0.1) is 5.41 Å². The highest BCUT2D eigenvalue weighted by molar-refractivity contribution is 7.91.